The van der Waals surface area contributed by atoms with Crippen LogP contribution in [0.5, 0.6) is 0 Å². The summed E-state index contributed by atoms with van der Waals surface area (Å²) < 4.78 is 79.1. The predicted molar refractivity (Wildman–Crippen MR) is 76.2 cm³/mol. The third-order valence-corrected chi connectivity index (χ3v) is 4.46. The maximum absolute atomic E-state index is 12.8. The maximum atomic E-state index is 12.8. The third kappa shape index (κ3) is 3.10. The van der Waals surface area contributed by atoms with Crippen LogP contribution >= 0.6 is 0 Å². The van der Waals surface area contributed by atoms with E-state index in [-0.39, 0.29) is 24.5 Å². The highest BCUT2D eigenvalue weighted by Gasteiger charge is 2.42. The summed E-state index contributed by atoms with van der Waals surface area (Å²) in [7, 11) is 0. The van der Waals surface area contributed by atoms with Crippen LogP contribution in [-0.4, -0.2) is 24.9 Å². The molecule has 11 heteroatoms. The molecule has 1 saturated carbocycles. The van der Waals surface area contributed by atoms with Gasteiger partial charge in [0.15, 0.2) is 17.2 Å². The van der Waals surface area contributed by atoms with Gasteiger partial charge in [-0.25, -0.2) is 9.97 Å². The summed E-state index contributed by atoms with van der Waals surface area (Å²) >= 11 is 0. The lowest BCUT2D eigenvalue weighted by atomic mass is 10.2. The van der Waals surface area contributed by atoms with Crippen molar-refractivity contribution >= 4 is 5.78 Å². The number of hydrogen-bond acceptors (Lipinski definition) is 3. The molecule has 1 aliphatic rings. The zero-order valence-electron chi connectivity index (χ0n) is 13.7. The molecule has 2 atom stereocenters. The monoisotopic (exact) mass is 380 g/mol. The van der Waals surface area contributed by atoms with Crippen LogP contribution in [0.1, 0.15) is 48.0 Å². The van der Waals surface area contributed by atoms with Gasteiger partial charge in [-0.1, -0.05) is 0 Å². The number of rotatable bonds is 2. The normalized spacial score (nSPS) is 21.6. The van der Waals surface area contributed by atoms with Crippen molar-refractivity contribution in [3.8, 4) is 0 Å². The molecular formula is C15H14F6N4O. The van der Waals surface area contributed by atoms with Crippen molar-refractivity contribution in [2.45, 2.75) is 51.1 Å². The van der Waals surface area contributed by atoms with E-state index in [4.69, 9.17) is 0 Å². The molecule has 2 heterocycles. The van der Waals surface area contributed by atoms with E-state index in [1.165, 1.54) is 13.8 Å². The van der Waals surface area contributed by atoms with Gasteiger partial charge in [-0.3, -0.25) is 4.79 Å². The number of aromatic nitrogens is 4. The summed E-state index contributed by atoms with van der Waals surface area (Å²) in [6, 6.07) is -1.81. The van der Waals surface area contributed by atoms with Crippen LogP contribution in [0.15, 0.2) is 12.4 Å². The summed E-state index contributed by atoms with van der Waals surface area (Å²) in [5.74, 6) is -0.419. The Balaban J connectivity index is 1.90. The molecule has 142 valence electrons. The fourth-order valence-corrected chi connectivity index (χ4v) is 3.25. The van der Waals surface area contributed by atoms with Gasteiger partial charge in [0.1, 0.15) is 11.6 Å². The molecule has 2 aromatic rings. The minimum Gasteiger partial charge on any atom is -0.324 e. The lowest BCUT2D eigenvalue weighted by Crippen LogP contribution is -2.21. The SMILES string of the molecule is Cc1nc(C(F)(F)F)cn1C1CCC(n2cc(C(F)(F)F)nc2C)C1=O. The Labute approximate surface area is 143 Å². The topological polar surface area (TPSA) is 52.7 Å². The van der Waals surface area contributed by atoms with Crippen LogP contribution in [0.3, 0.4) is 0 Å². The van der Waals surface area contributed by atoms with Gasteiger partial charge in [0.25, 0.3) is 0 Å². The Kier molecular flexibility index (Phi) is 4.15. The highest BCUT2D eigenvalue weighted by molar-refractivity contribution is 5.88. The number of ketones is 1. The van der Waals surface area contributed by atoms with Crippen LogP contribution in [0, 0.1) is 13.8 Å². The van der Waals surface area contributed by atoms with Gasteiger partial charge in [0.05, 0.1) is 12.1 Å². The molecule has 0 aliphatic heterocycles. The van der Waals surface area contributed by atoms with E-state index >= 15 is 0 Å². The van der Waals surface area contributed by atoms with E-state index in [9.17, 15) is 31.1 Å². The highest BCUT2D eigenvalue weighted by Crippen LogP contribution is 2.39. The Morgan fingerprint density at radius 3 is 1.46 bits per heavy atom. The van der Waals surface area contributed by atoms with Crippen molar-refractivity contribution in [1.82, 2.24) is 19.1 Å². The lowest BCUT2D eigenvalue weighted by molar-refractivity contribution is -0.141. The van der Waals surface area contributed by atoms with E-state index < -0.39 is 41.6 Å². The second-order valence-corrected chi connectivity index (χ2v) is 6.17. The zero-order valence-corrected chi connectivity index (χ0v) is 13.7. The molecule has 5 nitrogen and oxygen atoms in total. The van der Waals surface area contributed by atoms with Gasteiger partial charge in [-0.15, -0.1) is 0 Å². The number of carbonyl (C=O) groups is 1. The lowest BCUT2D eigenvalue weighted by Gasteiger charge is -2.15. The van der Waals surface area contributed by atoms with Crippen molar-refractivity contribution in [3.63, 3.8) is 0 Å². The standard InChI is InChI=1S/C15H14F6N4O/c1-7-22-11(14(16,17)18)5-24(7)9-3-4-10(13(9)26)25-6-12(15(19,20)21)23-8(25)2/h5-6,9-10H,3-4H2,1-2H3. The Morgan fingerprint density at radius 1 is 0.846 bits per heavy atom. The molecular weight excluding hydrogens is 366 g/mol. The first-order valence-corrected chi connectivity index (χ1v) is 7.68. The first-order chi connectivity index (χ1) is 11.9. The van der Waals surface area contributed by atoms with E-state index in [1.807, 2.05) is 0 Å². The van der Waals surface area contributed by atoms with Gasteiger partial charge in [0, 0.05) is 12.4 Å². The summed E-state index contributed by atoms with van der Waals surface area (Å²) in [4.78, 5) is 19.5. The van der Waals surface area contributed by atoms with Gasteiger partial charge in [-0.05, 0) is 26.7 Å². The number of nitrogens with zero attached hydrogens (tertiary/aromatic N) is 4. The molecule has 3 rings (SSSR count). The molecule has 0 N–H and O–H groups in total. The molecule has 0 aromatic carbocycles. The number of alkyl halides is 6. The van der Waals surface area contributed by atoms with Crippen molar-refractivity contribution in [3.05, 3.63) is 35.4 Å². The maximum Gasteiger partial charge on any atom is 0.434 e. The molecule has 2 aromatic heterocycles. The van der Waals surface area contributed by atoms with E-state index in [2.05, 4.69) is 9.97 Å². The molecule has 1 aliphatic carbocycles. The molecule has 2 unspecified atom stereocenters. The second-order valence-electron chi connectivity index (χ2n) is 6.17. The Bertz CT molecular complexity index is 779. The fourth-order valence-electron chi connectivity index (χ4n) is 3.25. The zero-order chi connectivity index (χ0) is 19.4. The molecule has 0 spiro atoms. The van der Waals surface area contributed by atoms with E-state index in [0.29, 0.717) is 0 Å². The van der Waals surface area contributed by atoms with Gasteiger partial charge in [-0.2, -0.15) is 26.3 Å². The average molecular weight is 380 g/mol. The van der Waals surface area contributed by atoms with Crippen LogP contribution < -0.4 is 0 Å². The van der Waals surface area contributed by atoms with E-state index in [0.717, 1.165) is 21.5 Å². The summed E-state index contributed by atoms with van der Waals surface area (Å²) in [6.07, 6.45) is -7.34. The molecule has 1 fully saturated rings. The van der Waals surface area contributed by atoms with Crippen LogP contribution in [-0.2, 0) is 17.1 Å². The Hall–Kier alpha value is -2.33. The van der Waals surface area contributed by atoms with Crippen LogP contribution in [0.25, 0.3) is 0 Å². The summed E-state index contributed by atoms with van der Waals surface area (Å²) in [5, 5.41) is 0. The molecule has 0 amide bonds. The smallest absolute Gasteiger partial charge is 0.324 e. The van der Waals surface area contributed by atoms with Crippen LogP contribution in [0.4, 0.5) is 26.3 Å². The predicted octanol–water partition coefficient (Wildman–Crippen LogP) is 3.88. The minimum atomic E-state index is -4.64. The summed E-state index contributed by atoms with van der Waals surface area (Å²) in [5.41, 5.74) is -2.21. The minimum absolute atomic E-state index is 0.0228. The van der Waals surface area contributed by atoms with Crippen LogP contribution in [0.2, 0.25) is 0 Å². The number of imidazole rings is 2. The molecule has 0 radical (unpaired) electrons. The number of carbonyl (C=O) groups excluding carboxylic acids is 1. The quantitative estimate of drug-likeness (QED) is 0.743. The van der Waals surface area contributed by atoms with Gasteiger partial charge < -0.3 is 9.13 Å². The van der Waals surface area contributed by atoms with Gasteiger partial charge >= 0.3 is 12.4 Å². The van der Waals surface area contributed by atoms with Crippen molar-refractivity contribution < 1.29 is 31.1 Å². The number of halogens is 6. The third-order valence-electron chi connectivity index (χ3n) is 4.46. The van der Waals surface area contributed by atoms with Crippen molar-refractivity contribution in [1.29, 1.82) is 0 Å². The summed E-state index contributed by atoms with van der Waals surface area (Å²) in [6.45, 7) is 2.69. The number of Topliss-reactive ketones (excluding diaryl/α,β-unsaturated/α-hetero) is 1. The molecule has 0 saturated heterocycles. The first kappa shape index (κ1) is 18.5. The fraction of sp³-hybridized carbons (Fsp3) is 0.533. The van der Waals surface area contributed by atoms with E-state index in [1.54, 1.807) is 0 Å². The van der Waals surface area contributed by atoms with Crippen molar-refractivity contribution in [2.75, 3.05) is 0 Å². The number of aryl methyl sites for hydroxylation is 2. The van der Waals surface area contributed by atoms with Crippen molar-refractivity contribution in [2.24, 2.45) is 0 Å². The highest BCUT2D eigenvalue weighted by atomic mass is 19.4. The molecule has 26 heavy (non-hydrogen) atoms. The number of hydrogen-bond donors (Lipinski definition) is 0. The average Bonchev–Trinajstić information content (AvgIpc) is 3.15. The first-order valence-electron chi connectivity index (χ1n) is 7.68. The van der Waals surface area contributed by atoms with Gasteiger partial charge in [0.2, 0.25) is 0 Å². The second kappa shape index (κ2) is 5.85. The largest absolute Gasteiger partial charge is 0.434 e. The Morgan fingerprint density at radius 2 is 1.19 bits per heavy atom. The molecule has 0 bridgehead atoms.